The minimum Gasteiger partial charge on any atom is -0.494 e. The fourth-order valence-corrected chi connectivity index (χ4v) is 4.05. The summed E-state index contributed by atoms with van der Waals surface area (Å²) in [5, 5.41) is 0.370. The van der Waals surface area contributed by atoms with Crippen LogP contribution in [0.1, 0.15) is 38.2 Å². The molecule has 0 N–H and O–H groups in total. The number of nitrogens with zero attached hydrogens (tertiary/aromatic N) is 2. The predicted octanol–water partition coefficient (Wildman–Crippen LogP) is 6.57. The Bertz CT molecular complexity index is 1060. The molecule has 176 valence electrons. The molecule has 1 aromatic heterocycles. The van der Waals surface area contributed by atoms with Crippen molar-refractivity contribution in [2.75, 3.05) is 32.8 Å². The first kappa shape index (κ1) is 23.4. The van der Waals surface area contributed by atoms with Gasteiger partial charge in [0, 0.05) is 23.6 Å². The molecular weight excluding hydrogens is 429 g/mol. The van der Waals surface area contributed by atoms with Crippen LogP contribution in [0.2, 0.25) is 0 Å². The number of fused-ring (bicyclic) bond motifs is 1. The Balaban J connectivity index is 1.63. The molecule has 0 spiro atoms. The van der Waals surface area contributed by atoms with Crippen LogP contribution in [0, 0.1) is 0 Å². The van der Waals surface area contributed by atoms with E-state index in [0.29, 0.717) is 35.6 Å². The van der Waals surface area contributed by atoms with E-state index in [4.69, 9.17) is 9.47 Å². The largest absolute Gasteiger partial charge is 0.494 e. The molecule has 4 nitrogen and oxygen atoms in total. The van der Waals surface area contributed by atoms with Crippen molar-refractivity contribution >= 4 is 10.9 Å². The summed E-state index contributed by atoms with van der Waals surface area (Å²) in [6.07, 6.45) is 0.0982. The number of piperidine rings is 1. The highest BCUT2D eigenvalue weighted by Crippen LogP contribution is 2.36. The maximum Gasteiger partial charge on any atom is 0.416 e. The van der Waals surface area contributed by atoms with Crippen LogP contribution >= 0.6 is 0 Å². The molecule has 3 aromatic rings. The van der Waals surface area contributed by atoms with Crippen molar-refractivity contribution in [2.24, 2.45) is 0 Å². The van der Waals surface area contributed by atoms with Crippen LogP contribution in [0.25, 0.3) is 22.2 Å². The molecular formula is C26H29F3N2O2. The molecule has 0 bridgehead atoms. The van der Waals surface area contributed by atoms with Gasteiger partial charge in [0.1, 0.15) is 18.1 Å². The molecule has 2 aromatic carbocycles. The number of benzene rings is 2. The molecule has 7 heteroatoms. The van der Waals surface area contributed by atoms with Gasteiger partial charge in [-0.05, 0) is 74.8 Å². The number of aromatic nitrogens is 1. The Hall–Kier alpha value is -2.80. The first-order valence-corrected chi connectivity index (χ1v) is 11.5. The summed E-state index contributed by atoms with van der Waals surface area (Å²) in [7, 11) is 0. The van der Waals surface area contributed by atoms with E-state index in [2.05, 4.69) is 9.88 Å². The van der Waals surface area contributed by atoms with Gasteiger partial charge in [0.2, 0.25) is 0 Å². The molecule has 2 heterocycles. The quantitative estimate of drug-likeness (QED) is 0.382. The molecule has 1 aliphatic rings. The monoisotopic (exact) mass is 458 g/mol. The third-order valence-electron chi connectivity index (χ3n) is 5.83. The minimum absolute atomic E-state index is 0.370. The first-order valence-electron chi connectivity index (χ1n) is 11.5. The lowest BCUT2D eigenvalue weighted by molar-refractivity contribution is -0.137. The fraction of sp³-hybridized carbons (Fsp3) is 0.423. The van der Waals surface area contributed by atoms with Gasteiger partial charge >= 0.3 is 6.18 Å². The highest BCUT2D eigenvalue weighted by molar-refractivity contribution is 5.88. The molecule has 1 aliphatic heterocycles. The Morgan fingerprint density at radius 1 is 0.909 bits per heavy atom. The highest BCUT2D eigenvalue weighted by Gasteiger charge is 2.31. The number of alkyl halides is 3. The van der Waals surface area contributed by atoms with Crippen molar-refractivity contribution in [2.45, 2.75) is 38.8 Å². The topological polar surface area (TPSA) is 34.6 Å². The van der Waals surface area contributed by atoms with E-state index >= 15 is 0 Å². The second-order valence-electron chi connectivity index (χ2n) is 8.36. The van der Waals surface area contributed by atoms with Gasteiger partial charge in [-0.2, -0.15) is 13.2 Å². The number of ether oxygens (including phenoxy) is 2. The van der Waals surface area contributed by atoms with Crippen molar-refractivity contribution in [1.29, 1.82) is 0 Å². The summed E-state index contributed by atoms with van der Waals surface area (Å²) in [5.74, 6) is 1.19. The van der Waals surface area contributed by atoms with Gasteiger partial charge in [-0.25, -0.2) is 4.98 Å². The van der Waals surface area contributed by atoms with E-state index in [1.54, 1.807) is 6.07 Å². The average molecular weight is 459 g/mol. The Kier molecular flexibility index (Phi) is 7.38. The van der Waals surface area contributed by atoms with E-state index in [9.17, 15) is 13.2 Å². The summed E-state index contributed by atoms with van der Waals surface area (Å²) < 4.78 is 51.7. The van der Waals surface area contributed by atoms with Gasteiger partial charge in [0.15, 0.2) is 0 Å². The first-order chi connectivity index (χ1) is 15.9. The molecule has 0 saturated carbocycles. The van der Waals surface area contributed by atoms with E-state index in [0.717, 1.165) is 49.5 Å². The van der Waals surface area contributed by atoms with Crippen molar-refractivity contribution in [3.05, 3.63) is 54.1 Å². The molecule has 0 amide bonds. The number of hydrogen-bond donors (Lipinski definition) is 0. The number of pyridine rings is 1. The fourth-order valence-electron chi connectivity index (χ4n) is 4.05. The maximum absolute atomic E-state index is 13.3. The summed E-state index contributed by atoms with van der Waals surface area (Å²) >= 11 is 0. The van der Waals surface area contributed by atoms with Gasteiger partial charge in [0.05, 0.1) is 23.4 Å². The maximum atomic E-state index is 13.3. The minimum atomic E-state index is -4.42. The molecule has 0 atom stereocenters. The van der Waals surface area contributed by atoms with Crippen LogP contribution in [0.4, 0.5) is 13.2 Å². The van der Waals surface area contributed by atoms with Crippen molar-refractivity contribution in [1.82, 2.24) is 9.88 Å². The lowest BCUT2D eigenvalue weighted by atomic mass is 10.1. The Morgan fingerprint density at radius 2 is 1.67 bits per heavy atom. The standard InChI is InChI=1S/C26H29F3N2O2/c1-2-15-32-21-9-6-19(7-10-21)24-18-25(33-16-14-31-12-4-3-5-13-31)22-17-20(26(27,28)29)8-11-23(22)30-24/h6-11,17-18H,2-5,12-16H2,1H3. The number of halogens is 3. The van der Waals surface area contributed by atoms with Crippen LogP contribution in [0.15, 0.2) is 48.5 Å². The van der Waals surface area contributed by atoms with Crippen LogP contribution in [-0.2, 0) is 6.18 Å². The number of rotatable bonds is 8. The zero-order valence-electron chi connectivity index (χ0n) is 18.8. The van der Waals surface area contributed by atoms with Crippen molar-refractivity contribution < 1.29 is 22.6 Å². The van der Waals surface area contributed by atoms with Crippen LogP contribution in [0.3, 0.4) is 0 Å². The van der Waals surface area contributed by atoms with Gasteiger partial charge < -0.3 is 9.47 Å². The molecule has 1 saturated heterocycles. The average Bonchev–Trinajstić information content (AvgIpc) is 2.82. The van der Waals surface area contributed by atoms with E-state index in [-0.39, 0.29) is 0 Å². The third-order valence-corrected chi connectivity index (χ3v) is 5.83. The van der Waals surface area contributed by atoms with Gasteiger partial charge in [-0.1, -0.05) is 13.3 Å². The number of likely N-dealkylation sites (tertiary alicyclic amines) is 1. The third kappa shape index (κ3) is 5.96. The summed E-state index contributed by atoms with van der Waals surface area (Å²) in [5.41, 5.74) is 1.27. The summed E-state index contributed by atoms with van der Waals surface area (Å²) in [6, 6.07) is 12.9. The molecule has 1 fully saturated rings. The van der Waals surface area contributed by atoms with Crippen LogP contribution < -0.4 is 9.47 Å². The number of hydrogen-bond acceptors (Lipinski definition) is 4. The van der Waals surface area contributed by atoms with E-state index in [1.165, 1.54) is 25.3 Å². The highest BCUT2D eigenvalue weighted by atomic mass is 19.4. The van der Waals surface area contributed by atoms with Crippen molar-refractivity contribution in [3.8, 4) is 22.8 Å². The summed E-state index contributed by atoms with van der Waals surface area (Å²) in [4.78, 5) is 6.96. The predicted molar refractivity (Wildman–Crippen MR) is 124 cm³/mol. The second kappa shape index (κ2) is 10.4. The molecule has 0 aliphatic carbocycles. The molecule has 4 rings (SSSR count). The molecule has 0 unspecified atom stereocenters. The Labute approximate surface area is 192 Å². The van der Waals surface area contributed by atoms with Crippen LogP contribution in [-0.4, -0.2) is 42.7 Å². The second-order valence-corrected chi connectivity index (χ2v) is 8.36. The lowest BCUT2D eigenvalue weighted by Crippen LogP contribution is -2.33. The zero-order valence-corrected chi connectivity index (χ0v) is 18.8. The van der Waals surface area contributed by atoms with Gasteiger partial charge in [-0.15, -0.1) is 0 Å². The van der Waals surface area contributed by atoms with Gasteiger partial charge in [-0.3, -0.25) is 4.90 Å². The summed E-state index contributed by atoms with van der Waals surface area (Å²) in [6.45, 7) is 5.93. The van der Waals surface area contributed by atoms with Crippen molar-refractivity contribution in [3.63, 3.8) is 0 Å². The van der Waals surface area contributed by atoms with E-state index < -0.39 is 11.7 Å². The lowest BCUT2D eigenvalue weighted by Gasteiger charge is -2.26. The molecule has 0 radical (unpaired) electrons. The smallest absolute Gasteiger partial charge is 0.416 e. The van der Waals surface area contributed by atoms with Crippen LogP contribution in [0.5, 0.6) is 11.5 Å². The Morgan fingerprint density at radius 3 is 2.36 bits per heavy atom. The SMILES string of the molecule is CCCOc1ccc(-c2cc(OCCN3CCCCC3)c3cc(C(F)(F)F)ccc3n2)cc1. The molecule has 33 heavy (non-hydrogen) atoms. The normalized spacial score (nSPS) is 15.0. The van der Waals surface area contributed by atoms with Gasteiger partial charge in [0.25, 0.3) is 0 Å². The zero-order chi connectivity index (χ0) is 23.3. The van der Waals surface area contributed by atoms with E-state index in [1.807, 2.05) is 31.2 Å².